The van der Waals surface area contributed by atoms with Gasteiger partial charge in [-0.15, -0.1) is 0 Å². The van der Waals surface area contributed by atoms with Crippen molar-refractivity contribution in [1.82, 2.24) is 0 Å². The molecule has 19 heavy (non-hydrogen) atoms. The number of ether oxygens (including phenoxy) is 1. The molecule has 0 aliphatic carbocycles. The Morgan fingerprint density at radius 1 is 1.16 bits per heavy atom. The maximum absolute atomic E-state index is 11.4. The van der Waals surface area contributed by atoms with Crippen molar-refractivity contribution in [2.24, 2.45) is 0 Å². The van der Waals surface area contributed by atoms with Crippen LogP contribution in [0.4, 0.5) is 0 Å². The van der Waals surface area contributed by atoms with Gasteiger partial charge in [-0.3, -0.25) is 4.79 Å². The maximum atomic E-state index is 11.4. The predicted molar refractivity (Wildman–Crippen MR) is 72.8 cm³/mol. The minimum Gasteiger partial charge on any atom is -0.507 e. The molecule has 1 aromatic rings. The Kier molecular flexibility index (Phi) is 5.30. The van der Waals surface area contributed by atoms with Crippen LogP contribution in [0.2, 0.25) is 0 Å². The van der Waals surface area contributed by atoms with Crippen LogP contribution < -0.4 is 0 Å². The number of aliphatic hydroxyl groups is 1. The molecular formula is C15H18O4. The van der Waals surface area contributed by atoms with Gasteiger partial charge in [0, 0.05) is 11.6 Å². The number of aryl methyl sites for hydroxylation is 2. The maximum Gasteiger partial charge on any atom is 0.378 e. The Hall–Kier alpha value is -2.10. The third-order valence-corrected chi connectivity index (χ3v) is 2.82. The van der Waals surface area contributed by atoms with Crippen molar-refractivity contribution < 1.29 is 19.4 Å². The highest BCUT2D eigenvalue weighted by atomic mass is 16.5. The standard InChI is InChI=1S/C15H18O4/c1-4-10-6-11(5-2)8-12(7-10)13(16)9-14(17)15(18)19-3/h6-9,16H,4-5H2,1-3H3/b13-9-. The largest absolute Gasteiger partial charge is 0.507 e. The van der Waals surface area contributed by atoms with Gasteiger partial charge in [-0.05, 0) is 36.1 Å². The zero-order valence-corrected chi connectivity index (χ0v) is 11.4. The summed E-state index contributed by atoms with van der Waals surface area (Å²) in [6.45, 7) is 4.03. The summed E-state index contributed by atoms with van der Waals surface area (Å²) in [6.07, 6.45) is 2.55. The quantitative estimate of drug-likeness (QED) is 0.383. The highest BCUT2D eigenvalue weighted by molar-refractivity contribution is 6.39. The summed E-state index contributed by atoms with van der Waals surface area (Å²) in [5.74, 6) is -2.09. The van der Waals surface area contributed by atoms with Gasteiger partial charge in [-0.25, -0.2) is 4.79 Å². The molecule has 1 aromatic carbocycles. The molecule has 0 fully saturated rings. The Morgan fingerprint density at radius 2 is 1.68 bits per heavy atom. The highest BCUT2D eigenvalue weighted by Gasteiger charge is 2.13. The van der Waals surface area contributed by atoms with Crippen molar-refractivity contribution in [3.63, 3.8) is 0 Å². The van der Waals surface area contributed by atoms with E-state index in [4.69, 9.17) is 0 Å². The first-order valence-electron chi connectivity index (χ1n) is 6.17. The van der Waals surface area contributed by atoms with Gasteiger partial charge in [0.15, 0.2) is 0 Å². The van der Waals surface area contributed by atoms with Crippen LogP contribution in [-0.4, -0.2) is 24.0 Å². The molecule has 102 valence electrons. The second-order valence-corrected chi connectivity index (χ2v) is 4.13. The lowest BCUT2D eigenvalue weighted by Crippen LogP contribution is -2.13. The van der Waals surface area contributed by atoms with Gasteiger partial charge in [0.1, 0.15) is 5.76 Å². The summed E-state index contributed by atoms with van der Waals surface area (Å²) in [5.41, 5.74) is 2.67. The van der Waals surface area contributed by atoms with E-state index in [0.717, 1.165) is 37.2 Å². The predicted octanol–water partition coefficient (Wildman–Crippen LogP) is 2.45. The van der Waals surface area contributed by atoms with Crippen LogP contribution >= 0.6 is 0 Å². The van der Waals surface area contributed by atoms with E-state index in [0.29, 0.717) is 5.56 Å². The second kappa shape index (κ2) is 6.73. The molecule has 0 aromatic heterocycles. The van der Waals surface area contributed by atoms with Gasteiger partial charge < -0.3 is 9.84 Å². The fourth-order valence-corrected chi connectivity index (χ4v) is 1.69. The first kappa shape index (κ1) is 15.0. The number of hydrogen-bond donors (Lipinski definition) is 1. The Labute approximate surface area is 112 Å². The molecule has 0 radical (unpaired) electrons. The van der Waals surface area contributed by atoms with E-state index < -0.39 is 11.8 Å². The van der Waals surface area contributed by atoms with E-state index >= 15 is 0 Å². The lowest BCUT2D eigenvalue weighted by Gasteiger charge is -2.07. The SMILES string of the molecule is CCc1cc(CC)cc(/C(O)=C/C(=O)C(=O)OC)c1. The van der Waals surface area contributed by atoms with Crippen LogP contribution in [0, 0.1) is 0 Å². The molecule has 1 rings (SSSR count). The molecular weight excluding hydrogens is 244 g/mol. The summed E-state index contributed by atoms with van der Waals surface area (Å²) < 4.78 is 4.29. The summed E-state index contributed by atoms with van der Waals surface area (Å²) >= 11 is 0. The Morgan fingerprint density at radius 3 is 2.11 bits per heavy atom. The molecule has 0 atom stereocenters. The number of methoxy groups -OCH3 is 1. The van der Waals surface area contributed by atoms with Gasteiger partial charge in [0.05, 0.1) is 7.11 Å². The van der Waals surface area contributed by atoms with Crippen LogP contribution in [0.1, 0.15) is 30.5 Å². The van der Waals surface area contributed by atoms with Crippen LogP contribution in [-0.2, 0) is 27.2 Å². The molecule has 0 saturated carbocycles. The van der Waals surface area contributed by atoms with Crippen molar-refractivity contribution in [3.8, 4) is 0 Å². The fraction of sp³-hybridized carbons (Fsp3) is 0.333. The zero-order chi connectivity index (χ0) is 14.4. The molecule has 1 N–H and O–H groups in total. The normalized spacial score (nSPS) is 11.2. The van der Waals surface area contributed by atoms with Gasteiger partial charge in [-0.1, -0.05) is 19.9 Å². The highest BCUT2D eigenvalue weighted by Crippen LogP contribution is 2.18. The summed E-state index contributed by atoms with van der Waals surface area (Å²) in [4.78, 5) is 22.4. The first-order chi connectivity index (χ1) is 9.01. The molecule has 0 bridgehead atoms. The summed E-state index contributed by atoms with van der Waals surface area (Å²) in [5, 5.41) is 9.91. The lowest BCUT2D eigenvalue weighted by atomic mass is 10.0. The van der Waals surface area contributed by atoms with E-state index in [1.807, 2.05) is 13.8 Å². The van der Waals surface area contributed by atoms with E-state index in [1.54, 1.807) is 12.1 Å². The van der Waals surface area contributed by atoms with Crippen LogP contribution in [0.25, 0.3) is 5.76 Å². The van der Waals surface area contributed by atoms with Crippen LogP contribution in [0.5, 0.6) is 0 Å². The molecule has 0 spiro atoms. The zero-order valence-electron chi connectivity index (χ0n) is 11.4. The average Bonchev–Trinajstić information content (AvgIpc) is 2.45. The Bertz CT molecular complexity index is 493. The van der Waals surface area contributed by atoms with E-state index in [9.17, 15) is 14.7 Å². The van der Waals surface area contributed by atoms with Crippen molar-refractivity contribution >= 4 is 17.5 Å². The molecule has 0 heterocycles. The van der Waals surface area contributed by atoms with Crippen LogP contribution in [0.3, 0.4) is 0 Å². The van der Waals surface area contributed by atoms with Gasteiger partial charge in [0.25, 0.3) is 5.78 Å². The van der Waals surface area contributed by atoms with E-state index in [-0.39, 0.29) is 5.76 Å². The van der Waals surface area contributed by atoms with Gasteiger partial charge >= 0.3 is 5.97 Å². The molecule has 4 nitrogen and oxygen atoms in total. The molecule has 0 aliphatic heterocycles. The lowest BCUT2D eigenvalue weighted by molar-refractivity contribution is -0.149. The van der Waals surface area contributed by atoms with Crippen molar-refractivity contribution in [2.45, 2.75) is 26.7 Å². The van der Waals surface area contributed by atoms with Crippen molar-refractivity contribution in [3.05, 3.63) is 41.0 Å². The number of carbonyl (C=O) groups excluding carboxylic acids is 2. The number of aliphatic hydroxyl groups excluding tert-OH is 1. The van der Waals surface area contributed by atoms with Gasteiger partial charge in [0.2, 0.25) is 0 Å². The minimum absolute atomic E-state index is 0.222. The summed E-state index contributed by atoms with van der Waals surface area (Å²) in [6, 6.07) is 5.66. The number of hydrogen-bond acceptors (Lipinski definition) is 4. The van der Waals surface area contributed by atoms with E-state index in [1.165, 1.54) is 0 Å². The van der Waals surface area contributed by atoms with E-state index in [2.05, 4.69) is 10.8 Å². The van der Waals surface area contributed by atoms with Crippen molar-refractivity contribution in [2.75, 3.05) is 7.11 Å². The number of esters is 1. The molecule has 0 unspecified atom stereocenters. The van der Waals surface area contributed by atoms with Gasteiger partial charge in [-0.2, -0.15) is 0 Å². The van der Waals surface area contributed by atoms with Crippen molar-refractivity contribution in [1.29, 1.82) is 0 Å². The Balaban J connectivity index is 3.11. The molecule has 0 amide bonds. The average molecular weight is 262 g/mol. The number of rotatable bonds is 5. The first-order valence-corrected chi connectivity index (χ1v) is 6.17. The fourth-order valence-electron chi connectivity index (χ4n) is 1.69. The molecule has 4 heteroatoms. The third-order valence-electron chi connectivity index (χ3n) is 2.82. The molecule has 0 aliphatic rings. The number of ketones is 1. The third kappa shape index (κ3) is 3.95. The number of benzene rings is 1. The smallest absolute Gasteiger partial charge is 0.378 e. The molecule has 0 saturated heterocycles. The monoisotopic (exact) mass is 262 g/mol. The second-order valence-electron chi connectivity index (χ2n) is 4.13. The summed E-state index contributed by atoms with van der Waals surface area (Å²) in [7, 11) is 1.12. The topological polar surface area (TPSA) is 63.6 Å². The number of carbonyl (C=O) groups is 2. The van der Waals surface area contributed by atoms with Crippen LogP contribution in [0.15, 0.2) is 24.3 Å². The minimum atomic E-state index is -0.992.